The van der Waals surface area contributed by atoms with E-state index in [1.54, 1.807) is 4.57 Å². The van der Waals surface area contributed by atoms with Gasteiger partial charge in [0.2, 0.25) is 5.95 Å². The summed E-state index contributed by atoms with van der Waals surface area (Å²) in [6, 6.07) is 2.55. The molecule has 21 heavy (non-hydrogen) atoms. The maximum Gasteiger partial charge on any atom is 0.201 e. The molecule has 0 saturated carbocycles. The summed E-state index contributed by atoms with van der Waals surface area (Å²) in [7, 11) is 0. The molecule has 3 nitrogen and oxygen atoms in total. The van der Waals surface area contributed by atoms with Gasteiger partial charge in [-0.25, -0.2) is 13.8 Å². The fraction of sp³-hybridized carbons (Fsp3) is 0.562. The molecule has 1 aromatic carbocycles. The van der Waals surface area contributed by atoms with Crippen LogP contribution in [0.25, 0.3) is 11.0 Å². The first-order valence-electron chi connectivity index (χ1n) is 7.45. The van der Waals surface area contributed by atoms with E-state index in [-0.39, 0.29) is 16.9 Å². The van der Waals surface area contributed by atoms with Crippen LogP contribution in [0.15, 0.2) is 12.1 Å². The molecule has 0 atom stereocenters. The third-order valence-electron chi connectivity index (χ3n) is 3.87. The van der Waals surface area contributed by atoms with Gasteiger partial charge in [-0.05, 0) is 24.0 Å². The van der Waals surface area contributed by atoms with Gasteiger partial charge in [0.1, 0.15) is 5.52 Å². The number of nitrogens with zero attached hydrogens (tertiary/aromatic N) is 2. The third kappa shape index (κ3) is 3.34. The van der Waals surface area contributed by atoms with Gasteiger partial charge in [-0.3, -0.25) is 0 Å². The molecule has 0 fully saturated rings. The monoisotopic (exact) mass is 295 g/mol. The zero-order valence-corrected chi connectivity index (χ0v) is 12.9. The van der Waals surface area contributed by atoms with Crippen molar-refractivity contribution in [2.75, 3.05) is 5.73 Å². The van der Waals surface area contributed by atoms with E-state index in [4.69, 9.17) is 5.73 Å². The molecule has 0 aliphatic heterocycles. The predicted molar refractivity (Wildman–Crippen MR) is 82.0 cm³/mol. The quantitative estimate of drug-likeness (QED) is 0.797. The Hall–Kier alpha value is -1.65. The van der Waals surface area contributed by atoms with E-state index in [9.17, 15) is 8.78 Å². The Morgan fingerprint density at radius 1 is 1.24 bits per heavy atom. The summed E-state index contributed by atoms with van der Waals surface area (Å²) in [4.78, 5) is 4.13. The lowest BCUT2D eigenvalue weighted by atomic mass is 9.86. The number of hydrogen-bond donors (Lipinski definition) is 1. The van der Waals surface area contributed by atoms with Crippen molar-refractivity contribution in [3.05, 3.63) is 23.8 Å². The summed E-state index contributed by atoms with van der Waals surface area (Å²) in [6.07, 6.45) is 4.46. The van der Waals surface area contributed by atoms with Gasteiger partial charge < -0.3 is 10.3 Å². The highest BCUT2D eigenvalue weighted by atomic mass is 19.2. The van der Waals surface area contributed by atoms with Crippen LogP contribution in [-0.4, -0.2) is 9.55 Å². The highest BCUT2D eigenvalue weighted by Gasteiger charge is 2.23. The van der Waals surface area contributed by atoms with Crippen molar-refractivity contribution < 1.29 is 8.78 Å². The van der Waals surface area contributed by atoms with Crippen LogP contribution in [0, 0.1) is 17.0 Å². The molecule has 0 aliphatic rings. The van der Waals surface area contributed by atoms with Gasteiger partial charge in [-0.15, -0.1) is 0 Å². The van der Waals surface area contributed by atoms with Gasteiger partial charge in [-0.1, -0.05) is 40.0 Å². The number of halogens is 2. The van der Waals surface area contributed by atoms with Crippen LogP contribution in [0.4, 0.5) is 14.7 Å². The zero-order chi connectivity index (χ0) is 15.6. The van der Waals surface area contributed by atoms with Gasteiger partial charge in [0.15, 0.2) is 11.6 Å². The van der Waals surface area contributed by atoms with Gasteiger partial charge in [-0.2, -0.15) is 0 Å². The molecule has 0 bridgehead atoms. The lowest BCUT2D eigenvalue weighted by Crippen LogP contribution is -2.21. The fourth-order valence-electron chi connectivity index (χ4n) is 2.70. The van der Waals surface area contributed by atoms with E-state index in [1.165, 1.54) is 12.5 Å². The second-order valence-electron chi connectivity index (χ2n) is 6.41. The highest BCUT2D eigenvalue weighted by molar-refractivity contribution is 5.79. The number of nitrogens with two attached hydrogens (primary N) is 1. The summed E-state index contributed by atoms with van der Waals surface area (Å²) in [5.41, 5.74) is 6.41. The molecule has 5 heteroatoms. The van der Waals surface area contributed by atoms with Crippen molar-refractivity contribution in [1.82, 2.24) is 9.55 Å². The topological polar surface area (TPSA) is 43.8 Å². The van der Waals surface area contributed by atoms with Gasteiger partial charge in [0.25, 0.3) is 0 Å². The van der Waals surface area contributed by atoms with Crippen molar-refractivity contribution in [1.29, 1.82) is 0 Å². The molecule has 0 spiro atoms. The van der Waals surface area contributed by atoms with Crippen LogP contribution in [0.2, 0.25) is 0 Å². The maximum atomic E-state index is 14.1. The Kier molecular flexibility index (Phi) is 4.49. The number of benzene rings is 1. The zero-order valence-electron chi connectivity index (χ0n) is 12.9. The number of rotatable bonds is 6. The number of anilines is 1. The molecule has 0 radical (unpaired) electrons. The summed E-state index contributed by atoms with van der Waals surface area (Å²) in [6.45, 7) is 6.92. The van der Waals surface area contributed by atoms with Crippen molar-refractivity contribution in [2.24, 2.45) is 5.41 Å². The Balaban J connectivity index is 2.33. The van der Waals surface area contributed by atoms with E-state index in [1.807, 2.05) is 0 Å². The van der Waals surface area contributed by atoms with Gasteiger partial charge >= 0.3 is 0 Å². The van der Waals surface area contributed by atoms with E-state index >= 15 is 0 Å². The molecule has 0 amide bonds. The minimum absolute atomic E-state index is 0.0460. The van der Waals surface area contributed by atoms with Crippen LogP contribution in [0.3, 0.4) is 0 Å². The standard InChI is InChI=1S/C16H23F2N3/c1-4-5-6-9-16(2,3)10-21-14-12(20-15(21)19)8-7-11(17)13(14)18/h7-8H,4-6,9-10H2,1-3H3,(H2,19,20). The number of imidazole rings is 1. The first-order chi connectivity index (χ1) is 9.85. The molecule has 2 rings (SSSR count). The molecule has 0 unspecified atom stereocenters. The highest BCUT2D eigenvalue weighted by Crippen LogP contribution is 2.31. The summed E-state index contributed by atoms with van der Waals surface area (Å²) in [5, 5.41) is 0. The van der Waals surface area contributed by atoms with E-state index in [0.717, 1.165) is 25.3 Å². The second-order valence-corrected chi connectivity index (χ2v) is 6.41. The SMILES string of the molecule is CCCCCC(C)(C)Cn1c(N)nc2ccc(F)c(F)c21. The van der Waals surface area contributed by atoms with Crippen molar-refractivity contribution in [3.8, 4) is 0 Å². The molecule has 0 saturated heterocycles. The lowest BCUT2D eigenvalue weighted by molar-refractivity contribution is 0.275. The Morgan fingerprint density at radius 2 is 1.95 bits per heavy atom. The minimum Gasteiger partial charge on any atom is -0.369 e. The lowest BCUT2D eigenvalue weighted by Gasteiger charge is -2.26. The summed E-state index contributed by atoms with van der Waals surface area (Å²) in [5.74, 6) is -1.51. The molecule has 1 aromatic heterocycles. The van der Waals surface area contributed by atoms with E-state index < -0.39 is 11.6 Å². The molecule has 0 aliphatic carbocycles. The fourth-order valence-corrected chi connectivity index (χ4v) is 2.70. The number of unbranched alkanes of at least 4 members (excludes halogenated alkanes) is 2. The van der Waals surface area contributed by atoms with Crippen molar-refractivity contribution in [2.45, 2.75) is 53.0 Å². The first-order valence-corrected chi connectivity index (χ1v) is 7.45. The normalized spacial score (nSPS) is 12.2. The number of nitrogen functional groups attached to an aromatic ring is 1. The van der Waals surface area contributed by atoms with Crippen LogP contribution in [0.1, 0.15) is 46.5 Å². The van der Waals surface area contributed by atoms with Gasteiger partial charge in [0, 0.05) is 6.54 Å². The predicted octanol–water partition coefficient (Wildman–Crippen LogP) is 4.50. The minimum atomic E-state index is -0.874. The van der Waals surface area contributed by atoms with E-state index in [2.05, 4.69) is 25.8 Å². The maximum absolute atomic E-state index is 14.1. The van der Waals surface area contributed by atoms with Gasteiger partial charge in [0.05, 0.1) is 5.52 Å². The van der Waals surface area contributed by atoms with E-state index in [0.29, 0.717) is 12.1 Å². The Labute approximate surface area is 124 Å². The smallest absolute Gasteiger partial charge is 0.201 e. The molecular formula is C16H23F2N3. The molecule has 116 valence electrons. The first kappa shape index (κ1) is 15.7. The average molecular weight is 295 g/mol. The van der Waals surface area contributed by atoms with Crippen LogP contribution in [-0.2, 0) is 6.54 Å². The largest absolute Gasteiger partial charge is 0.369 e. The molecule has 2 N–H and O–H groups in total. The summed E-state index contributed by atoms with van der Waals surface area (Å²) >= 11 is 0. The van der Waals surface area contributed by atoms with Crippen LogP contribution in [0.5, 0.6) is 0 Å². The number of aromatic nitrogens is 2. The summed E-state index contributed by atoms with van der Waals surface area (Å²) < 4.78 is 29.1. The van der Waals surface area contributed by atoms with Crippen molar-refractivity contribution >= 4 is 17.0 Å². The molecule has 1 heterocycles. The average Bonchev–Trinajstić information content (AvgIpc) is 2.71. The third-order valence-corrected chi connectivity index (χ3v) is 3.87. The number of hydrogen-bond acceptors (Lipinski definition) is 2. The second kappa shape index (κ2) is 6.00. The number of fused-ring (bicyclic) bond motifs is 1. The molecular weight excluding hydrogens is 272 g/mol. The van der Waals surface area contributed by atoms with Crippen LogP contribution < -0.4 is 5.73 Å². The molecule has 2 aromatic rings. The Morgan fingerprint density at radius 3 is 2.62 bits per heavy atom. The Bertz CT molecular complexity index is 632. The van der Waals surface area contributed by atoms with Crippen molar-refractivity contribution in [3.63, 3.8) is 0 Å². The van der Waals surface area contributed by atoms with Crippen LogP contribution >= 0.6 is 0 Å².